The largest absolute Gasteiger partial charge is 0.396 e. The molecule has 3 nitrogen and oxygen atoms in total. The topological polar surface area (TPSA) is 56.0 Å². The van der Waals surface area contributed by atoms with Gasteiger partial charge in [-0.3, -0.25) is 0 Å². The Morgan fingerprint density at radius 3 is 2.48 bits per heavy atom. The average Bonchev–Trinajstić information content (AvgIpc) is 2.55. The van der Waals surface area contributed by atoms with Crippen molar-refractivity contribution in [1.29, 1.82) is 5.26 Å². The fraction of sp³-hybridized carbons (Fsp3) is 0.278. The number of aliphatic hydroxyl groups is 1. The lowest BCUT2D eigenvalue weighted by Gasteiger charge is -2.23. The predicted molar refractivity (Wildman–Crippen MR) is 83.6 cm³/mol. The average molecular weight is 280 g/mol. The van der Waals surface area contributed by atoms with Crippen LogP contribution in [0, 0.1) is 11.3 Å². The standard InChI is InChI=1S/C18H20N2O/c1-14(17-9-5-6-15(12-17)13-19)20-18(10-11-21)16-7-3-2-4-8-16/h2-9,12,14,18,20-21H,10-11H2,1H3/t14?,18-/m1/s1. The second kappa shape index (κ2) is 7.58. The molecule has 3 heteroatoms. The minimum Gasteiger partial charge on any atom is -0.396 e. The Balaban J connectivity index is 2.14. The summed E-state index contributed by atoms with van der Waals surface area (Å²) in [6.07, 6.45) is 0.659. The minimum absolute atomic E-state index is 0.0944. The van der Waals surface area contributed by atoms with E-state index in [0.29, 0.717) is 12.0 Å². The molecule has 2 N–H and O–H groups in total. The highest BCUT2D eigenvalue weighted by molar-refractivity contribution is 5.34. The van der Waals surface area contributed by atoms with Gasteiger partial charge in [0.2, 0.25) is 0 Å². The molecule has 0 amide bonds. The summed E-state index contributed by atoms with van der Waals surface area (Å²) < 4.78 is 0. The lowest BCUT2D eigenvalue weighted by atomic mass is 10.00. The van der Waals surface area contributed by atoms with E-state index in [0.717, 1.165) is 11.1 Å². The van der Waals surface area contributed by atoms with Crippen molar-refractivity contribution in [2.45, 2.75) is 25.4 Å². The third-order valence-electron chi connectivity index (χ3n) is 3.59. The second-order valence-corrected chi connectivity index (χ2v) is 5.10. The molecule has 2 aromatic carbocycles. The van der Waals surface area contributed by atoms with Crippen LogP contribution in [0.1, 0.15) is 42.1 Å². The molecular formula is C18H20N2O. The molecule has 0 aliphatic carbocycles. The van der Waals surface area contributed by atoms with E-state index in [4.69, 9.17) is 5.26 Å². The van der Waals surface area contributed by atoms with Crippen molar-refractivity contribution in [1.82, 2.24) is 5.32 Å². The Bertz CT molecular complexity index is 604. The first-order valence-electron chi connectivity index (χ1n) is 7.16. The SMILES string of the molecule is CC(N[C@H](CCO)c1ccccc1)c1cccc(C#N)c1. The van der Waals surface area contributed by atoms with Gasteiger partial charge in [-0.1, -0.05) is 42.5 Å². The van der Waals surface area contributed by atoms with Crippen molar-refractivity contribution >= 4 is 0 Å². The van der Waals surface area contributed by atoms with Crippen LogP contribution in [-0.4, -0.2) is 11.7 Å². The van der Waals surface area contributed by atoms with Crippen LogP contribution in [-0.2, 0) is 0 Å². The first-order valence-corrected chi connectivity index (χ1v) is 7.16. The predicted octanol–water partition coefficient (Wildman–Crippen LogP) is 3.33. The maximum Gasteiger partial charge on any atom is 0.0991 e. The molecule has 0 radical (unpaired) electrons. The third kappa shape index (κ3) is 4.16. The van der Waals surface area contributed by atoms with Gasteiger partial charge in [-0.2, -0.15) is 5.26 Å². The number of nitrogens with one attached hydrogen (secondary N) is 1. The van der Waals surface area contributed by atoms with E-state index in [1.807, 2.05) is 36.4 Å². The maximum absolute atomic E-state index is 9.28. The zero-order chi connectivity index (χ0) is 15.1. The summed E-state index contributed by atoms with van der Waals surface area (Å²) in [6, 6.07) is 20.1. The molecule has 0 saturated heterocycles. The highest BCUT2D eigenvalue weighted by Gasteiger charge is 2.15. The van der Waals surface area contributed by atoms with Gasteiger partial charge in [-0.15, -0.1) is 0 Å². The lowest BCUT2D eigenvalue weighted by molar-refractivity contribution is 0.260. The van der Waals surface area contributed by atoms with Gasteiger partial charge in [0.15, 0.2) is 0 Å². The molecule has 0 aliphatic heterocycles. The fourth-order valence-corrected chi connectivity index (χ4v) is 2.44. The van der Waals surface area contributed by atoms with Crippen molar-refractivity contribution < 1.29 is 5.11 Å². The zero-order valence-electron chi connectivity index (χ0n) is 12.2. The number of hydrogen-bond donors (Lipinski definition) is 2. The number of aliphatic hydroxyl groups excluding tert-OH is 1. The van der Waals surface area contributed by atoms with Crippen molar-refractivity contribution in [3.8, 4) is 6.07 Å². The van der Waals surface area contributed by atoms with Crippen LogP contribution in [0.25, 0.3) is 0 Å². The molecule has 0 aromatic heterocycles. The van der Waals surface area contributed by atoms with Crippen LogP contribution in [0.15, 0.2) is 54.6 Å². The number of nitriles is 1. The summed E-state index contributed by atoms with van der Waals surface area (Å²) >= 11 is 0. The summed E-state index contributed by atoms with van der Waals surface area (Å²) in [7, 11) is 0. The molecule has 0 fully saturated rings. The molecule has 0 heterocycles. The molecule has 0 aliphatic rings. The number of rotatable bonds is 6. The molecular weight excluding hydrogens is 260 g/mol. The van der Waals surface area contributed by atoms with E-state index in [1.54, 1.807) is 6.07 Å². The van der Waals surface area contributed by atoms with Gasteiger partial charge >= 0.3 is 0 Å². The molecule has 21 heavy (non-hydrogen) atoms. The number of hydrogen-bond acceptors (Lipinski definition) is 3. The van der Waals surface area contributed by atoms with E-state index >= 15 is 0 Å². The van der Waals surface area contributed by atoms with Crippen molar-refractivity contribution in [2.75, 3.05) is 6.61 Å². The normalized spacial score (nSPS) is 13.4. The van der Waals surface area contributed by atoms with E-state index in [2.05, 4.69) is 30.4 Å². The highest BCUT2D eigenvalue weighted by atomic mass is 16.3. The van der Waals surface area contributed by atoms with Gasteiger partial charge in [-0.05, 0) is 36.6 Å². The van der Waals surface area contributed by atoms with Gasteiger partial charge in [-0.25, -0.2) is 0 Å². The Hall–Kier alpha value is -2.15. The van der Waals surface area contributed by atoms with Crippen molar-refractivity contribution in [2.24, 2.45) is 0 Å². The molecule has 108 valence electrons. The molecule has 2 aromatic rings. The highest BCUT2D eigenvalue weighted by Crippen LogP contribution is 2.22. The summed E-state index contributed by atoms with van der Waals surface area (Å²) in [4.78, 5) is 0. The van der Waals surface area contributed by atoms with E-state index in [1.165, 1.54) is 0 Å². The molecule has 0 spiro atoms. The van der Waals surface area contributed by atoms with Crippen molar-refractivity contribution in [3.63, 3.8) is 0 Å². The van der Waals surface area contributed by atoms with Crippen LogP contribution in [0.4, 0.5) is 0 Å². The van der Waals surface area contributed by atoms with Gasteiger partial charge < -0.3 is 10.4 Å². The van der Waals surface area contributed by atoms with Crippen LogP contribution in [0.2, 0.25) is 0 Å². The van der Waals surface area contributed by atoms with Gasteiger partial charge in [0.05, 0.1) is 11.6 Å². The van der Waals surface area contributed by atoms with E-state index in [-0.39, 0.29) is 18.7 Å². The Morgan fingerprint density at radius 2 is 1.81 bits per heavy atom. The van der Waals surface area contributed by atoms with Gasteiger partial charge in [0, 0.05) is 18.7 Å². The molecule has 0 saturated carbocycles. The third-order valence-corrected chi connectivity index (χ3v) is 3.59. The van der Waals surface area contributed by atoms with Gasteiger partial charge in [0.1, 0.15) is 0 Å². The summed E-state index contributed by atoms with van der Waals surface area (Å²) in [6.45, 7) is 2.21. The summed E-state index contributed by atoms with van der Waals surface area (Å²) in [5.41, 5.74) is 2.90. The number of nitrogens with zero attached hydrogens (tertiary/aromatic N) is 1. The maximum atomic E-state index is 9.28. The molecule has 2 atom stereocenters. The Kier molecular flexibility index (Phi) is 5.51. The summed E-state index contributed by atoms with van der Waals surface area (Å²) in [5, 5.41) is 21.8. The van der Waals surface area contributed by atoms with E-state index in [9.17, 15) is 5.11 Å². The first-order chi connectivity index (χ1) is 10.2. The summed E-state index contributed by atoms with van der Waals surface area (Å²) in [5.74, 6) is 0. The van der Waals surface area contributed by atoms with Crippen LogP contribution in [0.3, 0.4) is 0 Å². The number of benzene rings is 2. The Morgan fingerprint density at radius 1 is 1.10 bits per heavy atom. The second-order valence-electron chi connectivity index (χ2n) is 5.10. The molecule has 2 rings (SSSR count). The Labute approximate surface area is 125 Å². The molecule has 0 bridgehead atoms. The molecule has 1 unspecified atom stereocenters. The monoisotopic (exact) mass is 280 g/mol. The van der Waals surface area contributed by atoms with Crippen molar-refractivity contribution in [3.05, 3.63) is 71.3 Å². The first kappa shape index (κ1) is 15.2. The van der Waals surface area contributed by atoms with Gasteiger partial charge in [0.25, 0.3) is 0 Å². The van der Waals surface area contributed by atoms with Crippen LogP contribution in [0.5, 0.6) is 0 Å². The minimum atomic E-state index is 0.0944. The van der Waals surface area contributed by atoms with Crippen LogP contribution < -0.4 is 5.32 Å². The van der Waals surface area contributed by atoms with E-state index < -0.39 is 0 Å². The quantitative estimate of drug-likeness (QED) is 0.853. The smallest absolute Gasteiger partial charge is 0.0991 e. The lowest BCUT2D eigenvalue weighted by Crippen LogP contribution is -2.25. The fourth-order valence-electron chi connectivity index (χ4n) is 2.44. The zero-order valence-corrected chi connectivity index (χ0v) is 12.2. The van der Waals surface area contributed by atoms with Crippen LogP contribution >= 0.6 is 0 Å².